The third-order valence-electron chi connectivity index (χ3n) is 5.91. The maximum absolute atomic E-state index is 14.2. The Morgan fingerprint density at radius 3 is 2.65 bits per heavy atom. The molecule has 0 saturated carbocycles. The van der Waals surface area contributed by atoms with Crippen molar-refractivity contribution in [2.45, 2.75) is 39.5 Å². The number of alkyl halides is 3. The van der Waals surface area contributed by atoms with E-state index in [9.17, 15) is 22.0 Å². The van der Waals surface area contributed by atoms with Crippen LogP contribution in [0.1, 0.15) is 42.1 Å². The van der Waals surface area contributed by atoms with Gasteiger partial charge in [0, 0.05) is 11.6 Å². The number of nitrogens with one attached hydrogen (secondary N) is 1. The number of hydrazone groups is 1. The highest BCUT2D eigenvalue weighted by atomic mass is 19.4. The van der Waals surface area contributed by atoms with Gasteiger partial charge in [-0.2, -0.15) is 18.3 Å². The van der Waals surface area contributed by atoms with Crippen molar-refractivity contribution in [3.63, 3.8) is 0 Å². The molecular weight excluding hydrogens is 493 g/mol. The van der Waals surface area contributed by atoms with Crippen LogP contribution in [0.25, 0.3) is 22.6 Å². The highest BCUT2D eigenvalue weighted by Crippen LogP contribution is 2.38. The highest BCUT2D eigenvalue weighted by molar-refractivity contribution is 5.80. The highest BCUT2D eigenvalue weighted by Gasteiger charge is 2.35. The summed E-state index contributed by atoms with van der Waals surface area (Å²) in [7, 11) is 0. The average Bonchev–Trinajstić information content (AvgIpc) is 3.46. The van der Waals surface area contributed by atoms with Crippen LogP contribution >= 0.6 is 0 Å². The standard InChI is InChI=1S/C26H22F5N5O/c1-14(2)8-15-6-7-17(19(9-15)26(29,30)31)21-10-16(37-35-21)12-36-13-23-22(11-32-36)33-25(34-23)18-4-3-5-20(27)24(18)28/h3-7,9-11,14H,8,12-13H2,1-2H3,(H,33,34). The second-order valence-corrected chi connectivity index (χ2v) is 9.27. The molecule has 0 bridgehead atoms. The number of hydrogen-bond acceptors (Lipinski definition) is 5. The molecule has 2 aromatic carbocycles. The summed E-state index contributed by atoms with van der Waals surface area (Å²) >= 11 is 0. The molecule has 37 heavy (non-hydrogen) atoms. The van der Waals surface area contributed by atoms with Gasteiger partial charge in [-0.05, 0) is 36.1 Å². The zero-order valence-electron chi connectivity index (χ0n) is 19.9. The van der Waals surface area contributed by atoms with Gasteiger partial charge in [0.2, 0.25) is 0 Å². The number of fused-ring (bicyclic) bond motifs is 1. The molecule has 3 heterocycles. The van der Waals surface area contributed by atoms with Gasteiger partial charge < -0.3 is 9.51 Å². The van der Waals surface area contributed by atoms with E-state index in [1.807, 2.05) is 13.8 Å². The van der Waals surface area contributed by atoms with Gasteiger partial charge in [0.15, 0.2) is 17.4 Å². The van der Waals surface area contributed by atoms with Crippen molar-refractivity contribution in [1.82, 2.24) is 20.1 Å². The van der Waals surface area contributed by atoms with Gasteiger partial charge in [-0.15, -0.1) is 0 Å². The molecule has 6 nitrogen and oxygen atoms in total. The summed E-state index contributed by atoms with van der Waals surface area (Å²) in [6.45, 7) is 4.25. The van der Waals surface area contributed by atoms with Crippen molar-refractivity contribution in [1.29, 1.82) is 0 Å². The van der Waals surface area contributed by atoms with E-state index in [2.05, 4.69) is 20.2 Å². The number of benzene rings is 2. The minimum atomic E-state index is -4.55. The molecule has 5 rings (SSSR count). The summed E-state index contributed by atoms with van der Waals surface area (Å²) in [5, 5.41) is 9.74. The normalized spacial score (nSPS) is 13.5. The number of rotatable bonds is 6. The number of halogens is 5. The zero-order valence-corrected chi connectivity index (χ0v) is 19.9. The quantitative estimate of drug-likeness (QED) is 0.295. The summed E-state index contributed by atoms with van der Waals surface area (Å²) in [6, 6.07) is 9.54. The molecule has 1 aliphatic heterocycles. The lowest BCUT2D eigenvalue weighted by Crippen LogP contribution is -2.21. The fourth-order valence-corrected chi connectivity index (χ4v) is 4.26. The average molecular weight is 515 g/mol. The van der Waals surface area contributed by atoms with Crippen molar-refractivity contribution in [2.24, 2.45) is 11.0 Å². The Hall–Kier alpha value is -4.02. The Kier molecular flexibility index (Phi) is 6.30. The largest absolute Gasteiger partial charge is 0.417 e. The van der Waals surface area contributed by atoms with Crippen LogP contribution in [0.2, 0.25) is 0 Å². The summed E-state index contributed by atoms with van der Waals surface area (Å²) < 4.78 is 74.5. The summed E-state index contributed by atoms with van der Waals surface area (Å²) in [6.07, 6.45) is -2.56. The Balaban J connectivity index is 1.34. The zero-order chi connectivity index (χ0) is 26.3. The summed E-state index contributed by atoms with van der Waals surface area (Å²) in [4.78, 5) is 7.27. The lowest BCUT2D eigenvalue weighted by molar-refractivity contribution is -0.137. The minimum Gasteiger partial charge on any atom is -0.359 e. The van der Waals surface area contributed by atoms with Gasteiger partial charge in [-0.25, -0.2) is 13.8 Å². The van der Waals surface area contributed by atoms with Crippen LogP contribution in [-0.2, 0) is 25.7 Å². The van der Waals surface area contributed by atoms with E-state index >= 15 is 0 Å². The first-order chi connectivity index (χ1) is 17.6. The second-order valence-electron chi connectivity index (χ2n) is 9.27. The van der Waals surface area contributed by atoms with Crippen LogP contribution in [0, 0.1) is 17.6 Å². The first-order valence-corrected chi connectivity index (χ1v) is 11.6. The molecule has 192 valence electrons. The number of imidazole rings is 1. The first-order valence-electron chi connectivity index (χ1n) is 11.6. The molecule has 1 N–H and O–H groups in total. The SMILES string of the molecule is CC(C)Cc1ccc(-c2cc(CN3Cc4[nH]c(-c5cccc(F)c5F)nc4C=N3)on2)c(C(F)(F)F)c1. The second kappa shape index (κ2) is 9.45. The van der Waals surface area contributed by atoms with Gasteiger partial charge >= 0.3 is 6.18 Å². The topological polar surface area (TPSA) is 70.3 Å². The molecule has 0 unspecified atom stereocenters. The van der Waals surface area contributed by atoms with E-state index in [-0.39, 0.29) is 41.7 Å². The third kappa shape index (κ3) is 5.11. The molecule has 0 spiro atoms. The van der Waals surface area contributed by atoms with Gasteiger partial charge in [0.25, 0.3) is 0 Å². The molecule has 1 aliphatic rings. The van der Waals surface area contributed by atoms with Crippen LogP contribution in [0.15, 0.2) is 52.1 Å². The van der Waals surface area contributed by atoms with Gasteiger partial charge in [0.1, 0.15) is 17.2 Å². The lowest BCUT2D eigenvalue weighted by atomic mass is 9.96. The smallest absolute Gasteiger partial charge is 0.359 e. The number of hydrogen-bond donors (Lipinski definition) is 1. The number of H-pyrrole nitrogens is 1. The van der Waals surface area contributed by atoms with Gasteiger partial charge in [-0.1, -0.05) is 37.2 Å². The fourth-order valence-electron chi connectivity index (χ4n) is 4.26. The Labute approximate surface area is 208 Å². The Morgan fingerprint density at radius 2 is 1.89 bits per heavy atom. The minimum absolute atomic E-state index is 0.00546. The van der Waals surface area contributed by atoms with Crippen molar-refractivity contribution in [3.05, 3.63) is 82.4 Å². The van der Waals surface area contributed by atoms with Crippen LogP contribution in [-0.4, -0.2) is 26.3 Å². The Bertz CT molecular complexity index is 1470. The van der Waals surface area contributed by atoms with E-state index in [4.69, 9.17) is 4.52 Å². The van der Waals surface area contributed by atoms with Crippen LogP contribution in [0.3, 0.4) is 0 Å². The van der Waals surface area contributed by atoms with E-state index in [1.165, 1.54) is 30.5 Å². The predicted octanol–water partition coefficient (Wildman–Crippen LogP) is 6.58. The maximum atomic E-state index is 14.2. The van der Waals surface area contributed by atoms with Gasteiger partial charge in [0.05, 0.1) is 36.1 Å². The van der Waals surface area contributed by atoms with E-state index in [0.717, 1.165) is 12.1 Å². The number of aromatic amines is 1. The Morgan fingerprint density at radius 1 is 1.08 bits per heavy atom. The van der Waals surface area contributed by atoms with Crippen LogP contribution in [0.4, 0.5) is 22.0 Å². The predicted molar refractivity (Wildman–Crippen MR) is 126 cm³/mol. The van der Waals surface area contributed by atoms with Gasteiger partial charge in [-0.3, -0.25) is 5.01 Å². The monoisotopic (exact) mass is 515 g/mol. The molecular formula is C26H22F5N5O. The van der Waals surface area contributed by atoms with Crippen LogP contribution in [0.5, 0.6) is 0 Å². The summed E-state index contributed by atoms with van der Waals surface area (Å²) in [5.41, 5.74) is 0.943. The number of aromatic nitrogens is 3. The lowest BCUT2D eigenvalue weighted by Gasteiger charge is -2.19. The van der Waals surface area contributed by atoms with Crippen molar-refractivity contribution >= 4 is 6.21 Å². The third-order valence-corrected chi connectivity index (χ3v) is 5.91. The molecule has 11 heteroatoms. The van der Waals surface area contributed by atoms with Crippen molar-refractivity contribution < 1.29 is 26.5 Å². The molecule has 0 atom stereocenters. The number of nitrogens with zero attached hydrogens (tertiary/aromatic N) is 4. The van der Waals surface area contributed by atoms with Crippen molar-refractivity contribution in [2.75, 3.05) is 0 Å². The summed E-state index contributed by atoms with van der Waals surface area (Å²) in [5.74, 6) is -1.29. The molecule has 2 aromatic heterocycles. The molecule has 0 saturated heterocycles. The van der Waals surface area contributed by atoms with E-state index < -0.39 is 23.4 Å². The fraction of sp³-hybridized carbons (Fsp3) is 0.269. The molecule has 0 aliphatic carbocycles. The molecule has 4 aromatic rings. The maximum Gasteiger partial charge on any atom is 0.417 e. The van der Waals surface area contributed by atoms with E-state index in [1.54, 1.807) is 11.1 Å². The first kappa shape index (κ1) is 24.7. The van der Waals surface area contributed by atoms with Crippen molar-refractivity contribution in [3.8, 4) is 22.6 Å². The molecule has 0 radical (unpaired) electrons. The molecule has 0 amide bonds. The van der Waals surface area contributed by atoms with E-state index in [0.29, 0.717) is 29.1 Å². The van der Waals surface area contributed by atoms with Crippen LogP contribution < -0.4 is 0 Å². The molecule has 0 fully saturated rings.